The Balaban J connectivity index is 1.97. The lowest BCUT2D eigenvalue weighted by Crippen LogP contribution is -2.54. The lowest BCUT2D eigenvalue weighted by molar-refractivity contribution is -0.122. The fourth-order valence-electron chi connectivity index (χ4n) is 2.54. The summed E-state index contributed by atoms with van der Waals surface area (Å²) >= 11 is 5.09. The minimum atomic E-state index is -0.596. The Bertz CT molecular complexity index is 923. The highest BCUT2D eigenvalue weighted by molar-refractivity contribution is 7.80. The van der Waals surface area contributed by atoms with Crippen molar-refractivity contribution in [2.24, 2.45) is 0 Å². The van der Waals surface area contributed by atoms with Crippen LogP contribution in [0.4, 0.5) is 15.8 Å². The first-order valence-corrected chi connectivity index (χ1v) is 8.22. The van der Waals surface area contributed by atoms with Crippen molar-refractivity contribution in [2.45, 2.75) is 0 Å². The van der Waals surface area contributed by atoms with E-state index < -0.39 is 17.6 Å². The lowest BCUT2D eigenvalue weighted by atomic mass is 10.1. The number of thiocarbonyl (C=S) groups is 1. The van der Waals surface area contributed by atoms with E-state index in [9.17, 15) is 14.0 Å². The fraction of sp³-hybridized carbons (Fsp3) is 0.105. The van der Waals surface area contributed by atoms with E-state index in [4.69, 9.17) is 12.2 Å². The number of amides is 2. The quantitative estimate of drug-likeness (QED) is 0.514. The molecule has 3 rings (SSSR count). The molecule has 1 aliphatic rings. The molecule has 2 aromatic carbocycles. The second kappa shape index (κ2) is 7.05. The first kappa shape index (κ1) is 17.8. The standard InChI is InChI=1S/C19H16FN3O2S/c1-22(2)14-8-6-12(7-9-14)10-16-17(24)21-19(26)23(18(16)25)15-5-3-4-13(20)11-15/h3-11H,1-2H3,(H,21,24,26). The van der Waals surface area contributed by atoms with Gasteiger partial charge in [-0.2, -0.15) is 0 Å². The maximum absolute atomic E-state index is 13.5. The van der Waals surface area contributed by atoms with Crippen molar-refractivity contribution in [1.29, 1.82) is 0 Å². The molecular weight excluding hydrogens is 353 g/mol. The number of hydrogen-bond acceptors (Lipinski definition) is 4. The van der Waals surface area contributed by atoms with Crippen LogP contribution in [-0.4, -0.2) is 31.0 Å². The molecule has 1 fully saturated rings. The molecule has 7 heteroatoms. The van der Waals surface area contributed by atoms with Crippen LogP contribution in [0.3, 0.4) is 0 Å². The summed E-state index contributed by atoms with van der Waals surface area (Å²) in [5, 5.41) is 2.40. The molecule has 0 saturated carbocycles. The summed E-state index contributed by atoms with van der Waals surface area (Å²) in [6.45, 7) is 0. The van der Waals surface area contributed by atoms with Gasteiger partial charge in [-0.05, 0) is 54.2 Å². The van der Waals surface area contributed by atoms with E-state index in [1.165, 1.54) is 24.3 Å². The van der Waals surface area contributed by atoms with Gasteiger partial charge in [-0.15, -0.1) is 0 Å². The smallest absolute Gasteiger partial charge is 0.270 e. The highest BCUT2D eigenvalue weighted by atomic mass is 32.1. The third kappa shape index (κ3) is 3.48. The SMILES string of the molecule is CN(C)c1ccc(C=C2C(=O)NC(=S)N(c3cccc(F)c3)C2=O)cc1. The van der Waals surface area contributed by atoms with E-state index in [0.29, 0.717) is 5.56 Å². The maximum atomic E-state index is 13.5. The van der Waals surface area contributed by atoms with Gasteiger partial charge in [-0.3, -0.25) is 19.8 Å². The molecule has 2 amide bonds. The molecule has 0 spiro atoms. The van der Waals surface area contributed by atoms with E-state index in [2.05, 4.69) is 5.32 Å². The van der Waals surface area contributed by atoms with Crippen molar-refractivity contribution in [3.05, 3.63) is 65.5 Å². The van der Waals surface area contributed by atoms with Crippen LogP contribution < -0.4 is 15.1 Å². The summed E-state index contributed by atoms with van der Waals surface area (Å²) in [7, 11) is 3.84. The Hall–Kier alpha value is -3.06. The maximum Gasteiger partial charge on any atom is 0.270 e. The molecule has 26 heavy (non-hydrogen) atoms. The molecule has 1 N–H and O–H groups in total. The van der Waals surface area contributed by atoms with Crippen LogP contribution >= 0.6 is 12.2 Å². The summed E-state index contributed by atoms with van der Waals surface area (Å²) in [4.78, 5) is 28.1. The Morgan fingerprint density at radius 2 is 1.81 bits per heavy atom. The van der Waals surface area contributed by atoms with Gasteiger partial charge in [-0.1, -0.05) is 18.2 Å². The molecule has 0 aliphatic carbocycles. The number of halogens is 1. The third-order valence-corrected chi connectivity index (χ3v) is 4.17. The van der Waals surface area contributed by atoms with Crippen molar-refractivity contribution in [1.82, 2.24) is 5.32 Å². The van der Waals surface area contributed by atoms with Gasteiger partial charge in [0.15, 0.2) is 5.11 Å². The van der Waals surface area contributed by atoms with Crippen molar-refractivity contribution < 1.29 is 14.0 Å². The van der Waals surface area contributed by atoms with Gasteiger partial charge in [0.25, 0.3) is 11.8 Å². The predicted octanol–water partition coefficient (Wildman–Crippen LogP) is 2.72. The minimum absolute atomic E-state index is 0.0690. The highest BCUT2D eigenvalue weighted by Gasteiger charge is 2.34. The molecule has 0 atom stereocenters. The van der Waals surface area contributed by atoms with Crippen molar-refractivity contribution >= 4 is 46.6 Å². The van der Waals surface area contributed by atoms with Gasteiger partial charge in [-0.25, -0.2) is 4.39 Å². The summed E-state index contributed by atoms with van der Waals surface area (Å²) in [6, 6.07) is 12.9. The zero-order chi connectivity index (χ0) is 18.8. The fourth-order valence-corrected chi connectivity index (χ4v) is 2.82. The number of nitrogens with zero attached hydrogens (tertiary/aromatic N) is 2. The summed E-state index contributed by atoms with van der Waals surface area (Å²) < 4.78 is 13.5. The molecule has 1 heterocycles. The summed E-state index contributed by atoms with van der Waals surface area (Å²) in [5.74, 6) is -1.68. The highest BCUT2D eigenvalue weighted by Crippen LogP contribution is 2.23. The van der Waals surface area contributed by atoms with Gasteiger partial charge in [0.2, 0.25) is 0 Å². The number of benzene rings is 2. The molecule has 5 nitrogen and oxygen atoms in total. The first-order chi connectivity index (χ1) is 12.4. The summed E-state index contributed by atoms with van der Waals surface area (Å²) in [5.41, 5.74) is 1.88. The van der Waals surface area contributed by atoms with E-state index in [1.54, 1.807) is 6.07 Å². The third-order valence-electron chi connectivity index (χ3n) is 3.89. The van der Waals surface area contributed by atoms with Gasteiger partial charge in [0.1, 0.15) is 11.4 Å². The molecule has 2 aromatic rings. The number of anilines is 2. The molecule has 132 valence electrons. The number of hydrogen-bond donors (Lipinski definition) is 1. The van der Waals surface area contributed by atoms with Crippen LogP contribution in [0, 0.1) is 5.82 Å². The Morgan fingerprint density at radius 3 is 2.42 bits per heavy atom. The number of rotatable bonds is 3. The molecule has 0 radical (unpaired) electrons. The van der Waals surface area contributed by atoms with Crippen molar-refractivity contribution in [3.63, 3.8) is 0 Å². The van der Waals surface area contributed by atoms with E-state index in [0.717, 1.165) is 10.6 Å². The number of nitrogens with one attached hydrogen (secondary N) is 1. The second-order valence-electron chi connectivity index (χ2n) is 5.92. The Kier molecular flexibility index (Phi) is 4.81. The number of carbonyl (C=O) groups excluding carboxylic acids is 2. The van der Waals surface area contributed by atoms with E-state index in [1.807, 2.05) is 43.3 Å². The van der Waals surface area contributed by atoms with Crippen LogP contribution in [0.5, 0.6) is 0 Å². The molecule has 0 bridgehead atoms. The van der Waals surface area contributed by atoms with Gasteiger partial charge >= 0.3 is 0 Å². The van der Waals surface area contributed by atoms with E-state index in [-0.39, 0.29) is 16.4 Å². The topological polar surface area (TPSA) is 52.7 Å². The predicted molar refractivity (Wildman–Crippen MR) is 103 cm³/mol. The Morgan fingerprint density at radius 1 is 1.12 bits per heavy atom. The average molecular weight is 369 g/mol. The second-order valence-corrected chi connectivity index (χ2v) is 6.31. The van der Waals surface area contributed by atoms with Crippen LogP contribution in [0.15, 0.2) is 54.1 Å². The monoisotopic (exact) mass is 369 g/mol. The normalized spacial score (nSPS) is 16.0. The van der Waals surface area contributed by atoms with Gasteiger partial charge < -0.3 is 4.90 Å². The van der Waals surface area contributed by atoms with Crippen molar-refractivity contribution in [2.75, 3.05) is 23.9 Å². The summed E-state index contributed by atoms with van der Waals surface area (Å²) in [6.07, 6.45) is 1.49. The number of carbonyl (C=O) groups is 2. The molecule has 1 aliphatic heterocycles. The largest absolute Gasteiger partial charge is 0.378 e. The van der Waals surface area contributed by atoms with Crippen LogP contribution in [0.1, 0.15) is 5.56 Å². The first-order valence-electron chi connectivity index (χ1n) is 7.81. The Labute approximate surface area is 155 Å². The van der Waals surface area contributed by atoms with Crippen LogP contribution in [-0.2, 0) is 9.59 Å². The molecule has 0 unspecified atom stereocenters. The lowest BCUT2D eigenvalue weighted by Gasteiger charge is -2.28. The zero-order valence-corrected chi connectivity index (χ0v) is 15.0. The van der Waals surface area contributed by atoms with Crippen LogP contribution in [0.2, 0.25) is 0 Å². The minimum Gasteiger partial charge on any atom is -0.378 e. The van der Waals surface area contributed by atoms with Crippen LogP contribution in [0.25, 0.3) is 6.08 Å². The molecule has 0 aromatic heterocycles. The average Bonchev–Trinajstić information content (AvgIpc) is 2.59. The molecular formula is C19H16FN3O2S. The van der Waals surface area contributed by atoms with Crippen molar-refractivity contribution in [3.8, 4) is 0 Å². The van der Waals surface area contributed by atoms with Gasteiger partial charge in [0.05, 0.1) is 5.69 Å². The zero-order valence-electron chi connectivity index (χ0n) is 14.2. The van der Waals surface area contributed by atoms with E-state index >= 15 is 0 Å². The molecule has 1 saturated heterocycles. The van der Waals surface area contributed by atoms with Gasteiger partial charge in [0, 0.05) is 19.8 Å².